The predicted octanol–water partition coefficient (Wildman–Crippen LogP) is 1.36. The largest absolute Gasteiger partial charge is 0.397 e. The minimum absolute atomic E-state index is 0.238. The molecule has 0 aliphatic carbocycles. The van der Waals surface area contributed by atoms with Crippen LogP contribution in [0.2, 0.25) is 10.0 Å². The smallest absolute Gasteiger partial charge is 0.239 e. The molecule has 0 aliphatic heterocycles. The van der Waals surface area contributed by atoms with Crippen LogP contribution in [0, 0.1) is 5.82 Å². The summed E-state index contributed by atoms with van der Waals surface area (Å²) in [6.07, 6.45) is 0. The summed E-state index contributed by atoms with van der Waals surface area (Å²) in [6.45, 7) is 0. The Balaban J connectivity index is 3.66. The van der Waals surface area contributed by atoms with E-state index in [4.69, 9.17) is 34.1 Å². The van der Waals surface area contributed by atoms with Gasteiger partial charge in [-0.3, -0.25) is 0 Å². The van der Waals surface area contributed by atoms with Gasteiger partial charge in [-0.05, 0) is 6.07 Å². The highest BCUT2D eigenvalue weighted by molar-refractivity contribution is 7.89. The van der Waals surface area contributed by atoms with Crippen LogP contribution in [0.4, 0.5) is 10.1 Å². The van der Waals surface area contributed by atoms with E-state index in [0.29, 0.717) is 0 Å². The van der Waals surface area contributed by atoms with Gasteiger partial charge in [0.15, 0.2) is 5.82 Å². The zero-order valence-corrected chi connectivity index (χ0v) is 8.92. The van der Waals surface area contributed by atoms with Crippen molar-refractivity contribution in [3.05, 3.63) is 21.9 Å². The number of nitrogens with two attached hydrogens (primary N) is 2. The van der Waals surface area contributed by atoms with E-state index in [1.165, 1.54) is 0 Å². The lowest BCUT2D eigenvalue weighted by Gasteiger charge is -2.06. The molecule has 0 aliphatic rings. The van der Waals surface area contributed by atoms with Crippen molar-refractivity contribution in [3.8, 4) is 0 Å². The summed E-state index contributed by atoms with van der Waals surface area (Å²) in [5.74, 6) is -1.10. The molecule has 4 N–H and O–H groups in total. The molecule has 8 heteroatoms. The van der Waals surface area contributed by atoms with Crippen LogP contribution in [0.1, 0.15) is 0 Å². The van der Waals surface area contributed by atoms with Gasteiger partial charge in [0.2, 0.25) is 10.0 Å². The lowest BCUT2D eigenvalue weighted by atomic mass is 10.3. The van der Waals surface area contributed by atoms with Crippen LogP contribution in [0.25, 0.3) is 0 Å². The van der Waals surface area contributed by atoms with Crippen LogP contribution in [-0.4, -0.2) is 8.42 Å². The summed E-state index contributed by atoms with van der Waals surface area (Å²) in [5.41, 5.74) is 5.00. The molecule has 0 fully saturated rings. The lowest BCUT2D eigenvalue weighted by molar-refractivity contribution is 0.593. The summed E-state index contributed by atoms with van der Waals surface area (Å²) >= 11 is 10.8. The Hall–Kier alpha value is -0.560. The van der Waals surface area contributed by atoms with E-state index in [2.05, 4.69) is 0 Å². The first kappa shape index (κ1) is 11.5. The quantitative estimate of drug-likeness (QED) is 0.589. The predicted molar refractivity (Wildman–Crippen MR) is 52.2 cm³/mol. The van der Waals surface area contributed by atoms with E-state index < -0.39 is 30.8 Å². The van der Waals surface area contributed by atoms with Crippen molar-refractivity contribution in [2.45, 2.75) is 4.90 Å². The van der Waals surface area contributed by atoms with Crippen molar-refractivity contribution in [2.24, 2.45) is 5.14 Å². The highest BCUT2D eigenvalue weighted by Gasteiger charge is 2.20. The van der Waals surface area contributed by atoms with Crippen molar-refractivity contribution in [1.29, 1.82) is 0 Å². The summed E-state index contributed by atoms with van der Waals surface area (Å²) in [5, 5.41) is 3.68. The van der Waals surface area contributed by atoms with Crippen LogP contribution in [0.15, 0.2) is 11.0 Å². The molecule has 0 bridgehead atoms. The SMILES string of the molecule is Nc1cc(S(N)(=O)=O)c(Cl)c(F)c1Cl. The number of nitrogen functional groups attached to an aromatic ring is 1. The van der Waals surface area contributed by atoms with Gasteiger partial charge in [0.25, 0.3) is 0 Å². The zero-order valence-electron chi connectivity index (χ0n) is 6.59. The Morgan fingerprint density at radius 1 is 1.29 bits per heavy atom. The molecule has 1 aromatic carbocycles. The molecule has 0 amide bonds. The van der Waals surface area contributed by atoms with E-state index >= 15 is 0 Å². The normalized spacial score (nSPS) is 11.7. The second kappa shape index (κ2) is 3.54. The third kappa shape index (κ3) is 1.93. The third-order valence-corrected chi connectivity index (χ3v) is 3.25. The molecule has 0 aromatic heterocycles. The fourth-order valence-corrected chi connectivity index (χ4v) is 2.11. The first-order chi connectivity index (χ1) is 6.25. The number of sulfonamides is 1. The van der Waals surface area contributed by atoms with Gasteiger partial charge in [-0.1, -0.05) is 23.2 Å². The molecule has 1 rings (SSSR count). The van der Waals surface area contributed by atoms with Gasteiger partial charge in [0.1, 0.15) is 9.92 Å². The van der Waals surface area contributed by atoms with Gasteiger partial charge in [0.05, 0.1) is 10.7 Å². The molecule has 1 aromatic rings. The molecule has 0 unspecified atom stereocenters. The number of halogens is 3. The second-order valence-corrected chi connectivity index (χ2v) is 4.74. The molecule has 78 valence electrons. The van der Waals surface area contributed by atoms with Gasteiger partial charge >= 0.3 is 0 Å². The van der Waals surface area contributed by atoms with E-state index in [0.717, 1.165) is 6.07 Å². The standard InChI is InChI=1S/C6H5Cl2FN2O2S/c7-4-2(10)1-3(14(11,12)13)5(8)6(4)9/h1H,10H2,(H2,11,12,13). The van der Waals surface area contributed by atoms with Crippen molar-refractivity contribution >= 4 is 38.9 Å². The fraction of sp³-hybridized carbons (Fsp3) is 0. The number of benzene rings is 1. The molecule has 4 nitrogen and oxygen atoms in total. The van der Waals surface area contributed by atoms with Gasteiger partial charge in [0, 0.05) is 0 Å². The van der Waals surface area contributed by atoms with Crippen LogP contribution in [-0.2, 0) is 10.0 Å². The fourth-order valence-electron chi connectivity index (χ4n) is 0.806. The topological polar surface area (TPSA) is 86.2 Å². The summed E-state index contributed by atoms with van der Waals surface area (Å²) < 4.78 is 34.9. The van der Waals surface area contributed by atoms with E-state index in [1.54, 1.807) is 0 Å². The third-order valence-electron chi connectivity index (χ3n) is 1.45. The average molecular weight is 259 g/mol. The summed E-state index contributed by atoms with van der Waals surface area (Å²) in [7, 11) is -4.11. The minimum atomic E-state index is -4.11. The highest BCUT2D eigenvalue weighted by Crippen LogP contribution is 2.33. The molecule has 0 spiro atoms. The van der Waals surface area contributed by atoms with Crippen LogP contribution in [0.5, 0.6) is 0 Å². The van der Waals surface area contributed by atoms with Crippen molar-refractivity contribution in [2.75, 3.05) is 5.73 Å². The second-order valence-electron chi connectivity index (χ2n) is 2.45. The van der Waals surface area contributed by atoms with Gasteiger partial charge in [-0.15, -0.1) is 0 Å². The molecular weight excluding hydrogens is 254 g/mol. The van der Waals surface area contributed by atoms with Crippen molar-refractivity contribution < 1.29 is 12.8 Å². The summed E-state index contributed by atoms with van der Waals surface area (Å²) in [4.78, 5) is -0.585. The first-order valence-corrected chi connectivity index (χ1v) is 5.51. The Kier molecular flexibility index (Phi) is 2.91. The van der Waals surface area contributed by atoms with Crippen LogP contribution in [0.3, 0.4) is 0 Å². The Labute approximate surface area is 89.6 Å². The van der Waals surface area contributed by atoms with E-state index in [1.807, 2.05) is 0 Å². The highest BCUT2D eigenvalue weighted by atomic mass is 35.5. The number of hydrogen-bond donors (Lipinski definition) is 2. The Morgan fingerprint density at radius 2 is 1.79 bits per heavy atom. The number of primary sulfonamides is 1. The van der Waals surface area contributed by atoms with E-state index in [9.17, 15) is 12.8 Å². The van der Waals surface area contributed by atoms with E-state index in [-0.39, 0.29) is 5.69 Å². The molecule has 0 heterocycles. The number of hydrogen-bond acceptors (Lipinski definition) is 3. The molecule has 0 saturated heterocycles. The average Bonchev–Trinajstić information content (AvgIpc) is 2.06. The Bertz CT molecular complexity index is 489. The zero-order chi connectivity index (χ0) is 11.1. The van der Waals surface area contributed by atoms with Crippen molar-refractivity contribution in [1.82, 2.24) is 0 Å². The lowest BCUT2D eigenvalue weighted by Crippen LogP contribution is -2.14. The molecular formula is C6H5Cl2FN2O2S. The number of rotatable bonds is 1. The monoisotopic (exact) mass is 258 g/mol. The molecule has 14 heavy (non-hydrogen) atoms. The molecule has 0 saturated carbocycles. The van der Waals surface area contributed by atoms with Gasteiger partial charge < -0.3 is 5.73 Å². The minimum Gasteiger partial charge on any atom is -0.397 e. The number of anilines is 1. The van der Waals surface area contributed by atoms with Crippen molar-refractivity contribution in [3.63, 3.8) is 0 Å². The van der Waals surface area contributed by atoms with Gasteiger partial charge in [-0.25, -0.2) is 17.9 Å². The van der Waals surface area contributed by atoms with Crippen LogP contribution < -0.4 is 10.9 Å². The van der Waals surface area contributed by atoms with Gasteiger partial charge in [-0.2, -0.15) is 0 Å². The maximum atomic E-state index is 13.1. The maximum Gasteiger partial charge on any atom is 0.239 e. The molecule has 0 atom stereocenters. The summed E-state index contributed by atoms with van der Waals surface area (Å²) in [6, 6.07) is 0.906. The van der Waals surface area contributed by atoms with Crippen LogP contribution >= 0.6 is 23.2 Å². The first-order valence-electron chi connectivity index (χ1n) is 3.21. The maximum absolute atomic E-state index is 13.1. The Morgan fingerprint density at radius 3 is 2.21 bits per heavy atom. The molecule has 0 radical (unpaired) electrons.